The number of nitroso groups, excluding NO2 is 1. The van der Waals surface area contributed by atoms with E-state index in [0.29, 0.717) is 5.56 Å². The van der Waals surface area contributed by atoms with Gasteiger partial charge < -0.3 is 4.98 Å². The van der Waals surface area contributed by atoms with Gasteiger partial charge in [-0.1, -0.05) is 0 Å². The minimum absolute atomic E-state index is 0.463. The topological polar surface area (TPSA) is 62.3 Å². The Balaban J connectivity index is 2.42. The van der Waals surface area contributed by atoms with Crippen LogP contribution in [0, 0.1) is 4.91 Å². The highest BCUT2D eigenvalue weighted by molar-refractivity contribution is 5.96. The maximum absolute atomic E-state index is 11.0. The van der Waals surface area contributed by atoms with Gasteiger partial charge in [0.05, 0.1) is 5.56 Å². The number of carbonyl (C=O) groups excluding carboxylic acids is 1. The average molecular weight is 178 g/mol. The quantitative estimate of drug-likeness (QED) is 0.666. The summed E-state index contributed by atoms with van der Waals surface area (Å²) >= 11 is 0. The molecule has 1 heterocycles. The third kappa shape index (κ3) is 1.28. The maximum Gasteiger partial charge on any atom is 0.318 e. The second kappa shape index (κ2) is 3.12. The van der Waals surface area contributed by atoms with Gasteiger partial charge in [-0.25, -0.2) is 0 Å². The van der Waals surface area contributed by atoms with Crippen LogP contribution < -0.4 is 0 Å². The van der Waals surface area contributed by atoms with Crippen LogP contribution in [0.15, 0.2) is 11.4 Å². The van der Waals surface area contributed by atoms with Crippen LogP contribution in [0.1, 0.15) is 34.5 Å². The van der Waals surface area contributed by atoms with Gasteiger partial charge in [0.1, 0.15) is 0 Å². The Hall–Kier alpha value is -1.45. The predicted molar refractivity (Wildman–Crippen MR) is 47.6 cm³/mol. The van der Waals surface area contributed by atoms with E-state index in [0.717, 1.165) is 36.9 Å². The molecule has 0 aliphatic heterocycles. The third-order valence-corrected chi connectivity index (χ3v) is 2.50. The molecule has 1 aromatic rings. The molecule has 0 bridgehead atoms. The van der Waals surface area contributed by atoms with Gasteiger partial charge in [0.2, 0.25) is 0 Å². The van der Waals surface area contributed by atoms with Crippen LogP contribution in [0.3, 0.4) is 0 Å². The van der Waals surface area contributed by atoms with Crippen molar-refractivity contribution in [2.75, 3.05) is 0 Å². The minimum atomic E-state index is -0.653. The van der Waals surface area contributed by atoms with E-state index in [1.165, 1.54) is 0 Å². The van der Waals surface area contributed by atoms with E-state index < -0.39 is 5.91 Å². The van der Waals surface area contributed by atoms with Crippen LogP contribution >= 0.6 is 0 Å². The number of fused-ring (bicyclic) bond motifs is 1. The van der Waals surface area contributed by atoms with Crippen molar-refractivity contribution in [2.45, 2.75) is 25.7 Å². The number of aryl methyl sites for hydroxylation is 1. The highest BCUT2D eigenvalue weighted by atomic mass is 16.3. The Morgan fingerprint density at radius 3 is 2.92 bits per heavy atom. The first-order chi connectivity index (χ1) is 6.33. The summed E-state index contributed by atoms with van der Waals surface area (Å²) in [5, 5.41) is 2.43. The molecular weight excluding hydrogens is 168 g/mol. The fraction of sp³-hybridized carbons (Fsp3) is 0.444. The van der Waals surface area contributed by atoms with Crippen molar-refractivity contribution >= 4 is 5.91 Å². The van der Waals surface area contributed by atoms with Gasteiger partial charge in [-0.2, -0.15) is 0 Å². The standard InChI is InChI=1S/C9H10N2O2/c12-9(11-13)7-5-10-8-4-2-1-3-6(7)8/h5,10H,1-4H2. The zero-order valence-electron chi connectivity index (χ0n) is 7.17. The minimum Gasteiger partial charge on any atom is -0.364 e. The lowest BCUT2D eigenvalue weighted by Gasteiger charge is -2.10. The molecule has 68 valence electrons. The van der Waals surface area contributed by atoms with E-state index in [1.54, 1.807) is 6.20 Å². The van der Waals surface area contributed by atoms with Crippen molar-refractivity contribution in [3.8, 4) is 0 Å². The van der Waals surface area contributed by atoms with Gasteiger partial charge in [0.25, 0.3) is 0 Å². The molecule has 4 nitrogen and oxygen atoms in total. The van der Waals surface area contributed by atoms with Gasteiger partial charge in [0, 0.05) is 17.1 Å². The molecule has 0 aromatic carbocycles. The van der Waals surface area contributed by atoms with Crippen molar-refractivity contribution in [2.24, 2.45) is 5.18 Å². The van der Waals surface area contributed by atoms with Gasteiger partial charge in [-0.15, -0.1) is 4.91 Å². The summed E-state index contributed by atoms with van der Waals surface area (Å²) in [5.74, 6) is -0.653. The molecule has 0 fully saturated rings. The smallest absolute Gasteiger partial charge is 0.318 e. The average Bonchev–Trinajstić information content (AvgIpc) is 2.60. The Bertz CT molecular complexity index is 354. The molecule has 0 saturated heterocycles. The summed E-state index contributed by atoms with van der Waals surface area (Å²) < 4.78 is 0. The Morgan fingerprint density at radius 2 is 2.15 bits per heavy atom. The fourth-order valence-electron chi connectivity index (χ4n) is 1.85. The number of aromatic amines is 1. The monoisotopic (exact) mass is 178 g/mol. The van der Waals surface area contributed by atoms with Crippen LogP contribution in [-0.4, -0.2) is 10.9 Å². The van der Waals surface area contributed by atoms with E-state index in [1.807, 2.05) is 0 Å². The lowest BCUT2D eigenvalue weighted by molar-refractivity contribution is 0.1000. The van der Waals surface area contributed by atoms with E-state index in [-0.39, 0.29) is 0 Å². The van der Waals surface area contributed by atoms with Crippen molar-refractivity contribution < 1.29 is 4.79 Å². The van der Waals surface area contributed by atoms with E-state index in [9.17, 15) is 9.70 Å². The lowest BCUT2D eigenvalue weighted by atomic mass is 9.95. The number of amides is 1. The summed E-state index contributed by atoms with van der Waals surface area (Å²) in [4.78, 5) is 24.1. The van der Waals surface area contributed by atoms with E-state index in [4.69, 9.17) is 0 Å². The van der Waals surface area contributed by atoms with Crippen molar-refractivity contribution in [1.29, 1.82) is 0 Å². The van der Waals surface area contributed by atoms with Crippen LogP contribution in [0.4, 0.5) is 0 Å². The van der Waals surface area contributed by atoms with Gasteiger partial charge in [-0.05, 0) is 31.2 Å². The first-order valence-electron chi connectivity index (χ1n) is 4.39. The third-order valence-electron chi connectivity index (χ3n) is 2.50. The molecular formula is C9H10N2O2. The predicted octanol–water partition coefficient (Wildman–Crippen LogP) is 1.80. The summed E-state index contributed by atoms with van der Waals surface area (Å²) in [6.45, 7) is 0. The first kappa shape index (κ1) is 8.16. The fourth-order valence-corrected chi connectivity index (χ4v) is 1.85. The van der Waals surface area contributed by atoms with Crippen molar-refractivity contribution in [3.05, 3.63) is 27.9 Å². The van der Waals surface area contributed by atoms with Crippen LogP contribution in [0.5, 0.6) is 0 Å². The highest BCUT2D eigenvalue weighted by Gasteiger charge is 2.19. The Kier molecular flexibility index (Phi) is 1.96. The van der Waals surface area contributed by atoms with E-state index >= 15 is 0 Å². The summed E-state index contributed by atoms with van der Waals surface area (Å²) in [7, 11) is 0. The molecule has 0 spiro atoms. The van der Waals surface area contributed by atoms with Crippen LogP contribution in [0.25, 0.3) is 0 Å². The number of hydrogen-bond donors (Lipinski definition) is 1. The molecule has 1 aromatic heterocycles. The molecule has 13 heavy (non-hydrogen) atoms. The Morgan fingerprint density at radius 1 is 1.38 bits per heavy atom. The molecule has 1 N–H and O–H groups in total. The molecule has 0 saturated carbocycles. The molecule has 0 atom stereocenters. The van der Waals surface area contributed by atoms with Gasteiger partial charge in [-0.3, -0.25) is 4.79 Å². The van der Waals surface area contributed by atoms with Crippen molar-refractivity contribution in [1.82, 2.24) is 4.98 Å². The maximum atomic E-state index is 11.0. The molecule has 2 rings (SSSR count). The zero-order valence-corrected chi connectivity index (χ0v) is 7.17. The van der Waals surface area contributed by atoms with Crippen LogP contribution in [-0.2, 0) is 12.8 Å². The summed E-state index contributed by atoms with van der Waals surface area (Å²) in [6, 6.07) is 0. The van der Waals surface area contributed by atoms with Gasteiger partial charge >= 0.3 is 5.91 Å². The summed E-state index contributed by atoms with van der Waals surface area (Å²) in [6.07, 6.45) is 5.69. The van der Waals surface area contributed by atoms with Crippen molar-refractivity contribution in [3.63, 3.8) is 0 Å². The number of hydrogen-bond acceptors (Lipinski definition) is 2. The zero-order chi connectivity index (χ0) is 9.26. The second-order valence-electron chi connectivity index (χ2n) is 3.26. The van der Waals surface area contributed by atoms with Gasteiger partial charge in [0.15, 0.2) is 0 Å². The second-order valence-corrected chi connectivity index (χ2v) is 3.26. The first-order valence-corrected chi connectivity index (χ1v) is 4.39. The molecule has 1 amide bonds. The highest BCUT2D eigenvalue weighted by Crippen LogP contribution is 2.24. The SMILES string of the molecule is O=NC(=O)c1c[nH]c2c1CCCC2. The largest absolute Gasteiger partial charge is 0.364 e. The number of nitrogens with one attached hydrogen (secondary N) is 1. The Labute approximate surface area is 75.3 Å². The summed E-state index contributed by atoms with van der Waals surface area (Å²) in [5.41, 5.74) is 2.55. The van der Waals surface area contributed by atoms with E-state index in [2.05, 4.69) is 10.2 Å². The molecule has 1 aliphatic carbocycles. The number of carbonyl (C=O) groups is 1. The normalized spacial score (nSPS) is 15.1. The lowest BCUT2D eigenvalue weighted by Crippen LogP contribution is -2.04. The number of rotatable bonds is 1. The molecule has 4 heteroatoms. The molecule has 0 radical (unpaired) electrons. The number of nitrogens with zero attached hydrogens (tertiary/aromatic N) is 1. The molecule has 0 unspecified atom stereocenters. The molecule has 1 aliphatic rings. The number of H-pyrrole nitrogens is 1. The number of aromatic nitrogens is 1. The van der Waals surface area contributed by atoms with Crippen LogP contribution in [0.2, 0.25) is 0 Å².